The number of carbonyl (C=O) groups is 1. The van der Waals surface area contributed by atoms with Crippen LogP contribution in [0.2, 0.25) is 0 Å². The van der Waals surface area contributed by atoms with E-state index >= 15 is 0 Å². The zero-order chi connectivity index (χ0) is 58.6. The molecule has 1 spiro atoms. The van der Waals surface area contributed by atoms with Gasteiger partial charge < -0.3 is 103 Å². The first kappa shape index (κ1) is 66.0. The van der Waals surface area contributed by atoms with Crippen molar-refractivity contribution in [2.45, 2.75) is 241 Å². The molecule has 3 unspecified atom stereocenters. The van der Waals surface area contributed by atoms with E-state index in [1.165, 1.54) is 19.6 Å². The molecule has 27 heteroatoms. The number of aliphatic hydroxyl groups is 10. The van der Waals surface area contributed by atoms with Crippen LogP contribution in [0.4, 0.5) is 0 Å². The molecule has 9 rings (SSSR count). The Hall–Kier alpha value is -0.940. The quantitative estimate of drug-likeness (QED) is 0.0176. The van der Waals surface area contributed by atoms with Gasteiger partial charge in [-0.2, -0.15) is 0 Å². The van der Waals surface area contributed by atoms with Crippen molar-refractivity contribution in [3.05, 3.63) is 23.3 Å². The van der Waals surface area contributed by atoms with E-state index in [0.717, 1.165) is 37.7 Å². The summed E-state index contributed by atoms with van der Waals surface area (Å²) in [4.78, 5) is 14.4. The van der Waals surface area contributed by atoms with Gasteiger partial charge >= 0.3 is 35.5 Å². The molecule has 0 aromatic heterocycles. The summed E-state index contributed by atoms with van der Waals surface area (Å²) in [6, 6.07) is 0. The molecule has 25 nitrogen and oxygen atoms in total. The van der Waals surface area contributed by atoms with Crippen molar-refractivity contribution in [1.29, 1.82) is 0 Å². The number of cyclic esters (lactones) is 1. The van der Waals surface area contributed by atoms with Gasteiger partial charge in [0, 0.05) is 13.0 Å². The van der Waals surface area contributed by atoms with Crippen LogP contribution in [0.1, 0.15) is 107 Å². The van der Waals surface area contributed by atoms with Gasteiger partial charge in [-0.15, -0.1) is 0 Å². The van der Waals surface area contributed by atoms with E-state index in [0.29, 0.717) is 19.3 Å². The van der Waals surface area contributed by atoms with Crippen LogP contribution in [0, 0.1) is 39.4 Å². The van der Waals surface area contributed by atoms with E-state index in [9.17, 15) is 68.8 Å². The van der Waals surface area contributed by atoms with Crippen molar-refractivity contribution in [1.82, 2.24) is 0 Å². The maximum absolute atomic E-state index is 14.4. The van der Waals surface area contributed by atoms with Crippen molar-refractivity contribution >= 4 is 16.4 Å². The summed E-state index contributed by atoms with van der Waals surface area (Å²) in [5.41, 5.74) is -1.21. The molecule has 28 atom stereocenters. The fourth-order valence-electron chi connectivity index (χ4n) is 16.2. The molecule has 0 bridgehead atoms. The Bertz CT molecular complexity index is 2400. The van der Waals surface area contributed by atoms with Gasteiger partial charge in [0.25, 0.3) is 0 Å². The third kappa shape index (κ3) is 11.4. The molecule has 0 aromatic rings. The molecular weight excluding hydrogens is 1100 g/mol. The Balaban J connectivity index is 0.00000860. The zero-order valence-electron chi connectivity index (χ0n) is 47.8. The van der Waals surface area contributed by atoms with E-state index in [2.05, 4.69) is 38.0 Å². The minimum Gasteiger partial charge on any atom is -0.726 e. The van der Waals surface area contributed by atoms with Crippen LogP contribution in [0.3, 0.4) is 0 Å². The van der Waals surface area contributed by atoms with Gasteiger partial charge in [0.15, 0.2) is 25.2 Å². The fourth-order valence-corrected chi connectivity index (χ4v) is 16.7. The molecule has 5 aliphatic heterocycles. The van der Waals surface area contributed by atoms with Gasteiger partial charge in [-0.1, -0.05) is 51.0 Å². The van der Waals surface area contributed by atoms with Gasteiger partial charge in [-0.05, 0) is 107 Å². The maximum atomic E-state index is 14.4. The SMILES string of the molecule is CO[C@H]1[C@H](O)[C@@H](O[C@H]2[C@H](O)[C@@H](O[C@@H]3[C@@H](O)[C@H](O)[C@@H](O[C@H]4[C@H](O[C@H]5CC[C@]6(C)C7=C[C@@H](O)C89C(=O)O[C@@](C)(CCC=C(C)C)C8CC[C@@]9(C)C7CC[C@H]6C5(C)C)OC[C@@H](OS(=O)(=O)[O-])[C@@H]4O)O[C@H]3C)O[C@@H](CO)[C@@H]2O)O[C@@H](CO)[C@@H]1O.[Na+]. The third-order valence-corrected chi connectivity index (χ3v) is 20.8. The van der Waals surface area contributed by atoms with Crippen molar-refractivity contribution in [2.24, 2.45) is 39.4 Å². The monoisotopic (exact) mass is 1190 g/mol. The second-order valence-corrected chi connectivity index (χ2v) is 26.4. The molecule has 5 heterocycles. The molecule has 3 saturated carbocycles. The second-order valence-electron chi connectivity index (χ2n) is 25.4. The predicted molar refractivity (Wildman–Crippen MR) is 270 cm³/mol. The van der Waals surface area contributed by atoms with Gasteiger partial charge in [0.05, 0.1) is 38.1 Å². The number of fused-ring (bicyclic) bond motifs is 4. The molecule has 458 valence electrons. The summed E-state index contributed by atoms with van der Waals surface area (Å²) in [5.74, 6) is -0.558. The largest absolute Gasteiger partial charge is 1.00 e. The number of methoxy groups -OCH3 is 1. The summed E-state index contributed by atoms with van der Waals surface area (Å²) < 4.78 is 99.9. The number of hydrogen-bond donors (Lipinski definition) is 10. The van der Waals surface area contributed by atoms with E-state index in [1.807, 2.05) is 26.8 Å². The predicted octanol–water partition coefficient (Wildman–Crippen LogP) is -3.93. The van der Waals surface area contributed by atoms with Crippen LogP contribution in [-0.2, 0) is 66.7 Å². The van der Waals surface area contributed by atoms with Crippen LogP contribution in [0.25, 0.3) is 0 Å². The number of rotatable bonds is 16. The molecule has 8 fully saturated rings. The van der Waals surface area contributed by atoms with Crippen LogP contribution >= 0.6 is 0 Å². The second kappa shape index (κ2) is 24.6. The van der Waals surface area contributed by atoms with Gasteiger partial charge in [-0.3, -0.25) is 8.98 Å². The number of ether oxygens (including phenoxy) is 10. The smallest absolute Gasteiger partial charge is 0.726 e. The Labute approximate surface area is 494 Å². The Morgan fingerprint density at radius 2 is 1.31 bits per heavy atom. The van der Waals surface area contributed by atoms with Crippen molar-refractivity contribution < 1.29 is 150 Å². The average molecular weight is 1190 g/mol. The van der Waals surface area contributed by atoms with Crippen LogP contribution in [0.15, 0.2) is 23.3 Å². The number of allylic oxidation sites excluding steroid dienone is 3. The summed E-state index contributed by atoms with van der Waals surface area (Å²) >= 11 is 0. The molecule has 10 N–H and O–H groups in total. The Morgan fingerprint density at radius 3 is 1.91 bits per heavy atom. The molecule has 81 heavy (non-hydrogen) atoms. The average Bonchev–Trinajstić information content (AvgIpc) is 2.10. The van der Waals surface area contributed by atoms with Crippen LogP contribution in [0.5, 0.6) is 0 Å². The first-order chi connectivity index (χ1) is 37.4. The molecule has 9 aliphatic rings. The standard InChI is InChI=1S/C54H86O25S.Na/c1-23(2)11-10-16-53(8)31-14-18-52(7)25-12-13-30-50(4,5)33(15-17-51(30,6)26(25)19-32(57)54(31,52)49(65)78-53)74-48-44(36(60)29(22-70-48)79-80(66,67)68)77-45-38(62)37(61)41(24(3)71-45)75-47-40(64)43(35(59)28(21-56)73-47)76-46-39(63)42(69-9)34(58)27(20-55)72-46;/h11,19,24-25,27-48,55-64H,10,12-18,20-22H2,1-9H3,(H,66,67,68);/q;+1/p-1/t24-,25?,27-,28-,29+,30-,31?,32+,33-,34-,35-,36-,37-,38-,39-,40-,41-,42+,43+,44+,45+,46+,47+,48-,51+,52-,53-,54?;/m0./s1. The fraction of sp³-hybridized carbons (Fsp3) is 0.907. The maximum Gasteiger partial charge on any atom is 1.00 e. The van der Waals surface area contributed by atoms with Gasteiger partial charge in [-0.25, -0.2) is 8.42 Å². The number of aliphatic hydroxyl groups excluding tert-OH is 10. The Morgan fingerprint density at radius 1 is 0.716 bits per heavy atom. The van der Waals surface area contributed by atoms with Crippen molar-refractivity contribution in [3.63, 3.8) is 0 Å². The van der Waals surface area contributed by atoms with E-state index < -0.39 is 186 Å². The minimum absolute atomic E-state index is 0. The summed E-state index contributed by atoms with van der Waals surface area (Å²) in [5, 5.41) is 112. The van der Waals surface area contributed by atoms with E-state index in [1.54, 1.807) is 0 Å². The first-order valence-electron chi connectivity index (χ1n) is 28.1. The normalized spacial score (nSPS) is 50.4. The van der Waals surface area contributed by atoms with Crippen LogP contribution in [-0.4, -0.2) is 231 Å². The zero-order valence-corrected chi connectivity index (χ0v) is 50.6. The van der Waals surface area contributed by atoms with Crippen molar-refractivity contribution in [3.8, 4) is 0 Å². The number of hydrogen-bond acceptors (Lipinski definition) is 25. The molecule has 5 saturated heterocycles. The summed E-state index contributed by atoms with van der Waals surface area (Å²) in [6.45, 7) is 13.8. The molecule has 4 aliphatic carbocycles. The number of carbonyl (C=O) groups excluding carboxylic acids is 1. The van der Waals surface area contributed by atoms with Crippen LogP contribution < -0.4 is 29.6 Å². The minimum atomic E-state index is -5.42. The topological polar surface area (TPSA) is 378 Å². The van der Waals surface area contributed by atoms with Gasteiger partial charge in [0.1, 0.15) is 96.5 Å². The molecule has 0 aromatic carbocycles. The first-order valence-corrected chi connectivity index (χ1v) is 29.4. The Kier molecular flexibility index (Phi) is 20.0. The van der Waals surface area contributed by atoms with E-state index in [-0.39, 0.29) is 53.3 Å². The van der Waals surface area contributed by atoms with Gasteiger partial charge in [0.2, 0.25) is 10.4 Å². The van der Waals surface area contributed by atoms with E-state index in [4.69, 9.17) is 47.4 Å². The third-order valence-electron chi connectivity index (χ3n) is 20.3. The molecular formula is C54H85NaO25S. The van der Waals surface area contributed by atoms with Crippen molar-refractivity contribution in [2.75, 3.05) is 26.9 Å². The summed E-state index contributed by atoms with van der Waals surface area (Å²) in [7, 11) is -4.24. The molecule has 0 amide bonds. The molecule has 0 radical (unpaired) electrons. The summed E-state index contributed by atoms with van der Waals surface area (Å²) in [6.07, 6.45) is -24.4. The number of esters is 1.